The number of hydrogen-bond acceptors (Lipinski definition) is 8. The van der Waals surface area contributed by atoms with Gasteiger partial charge in [-0.25, -0.2) is 14.8 Å². The molecule has 4 heterocycles. The molecule has 1 saturated heterocycles. The van der Waals surface area contributed by atoms with Crippen molar-refractivity contribution in [1.29, 1.82) is 0 Å². The molecule has 14 heteroatoms. The van der Waals surface area contributed by atoms with E-state index in [9.17, 15) is 22.8 Å². The lowest BCUT2D eigenvalue weighted by atomic mass is 10.1. The van der Waals surface area contributed by atoms with E-state index in [1.54, 1.807) is 37.6 Å². The van der Waals surface area contributed by atoms with Gasteiger partial charge >= 0.3 is 12.2 Å². The van der Waals surface area contributed by atoms with Gasteiger partial charge < -0.3 is 20.4 Å². The number of carbonyl (C=O) groups is 2. The molecule has 4 aromatic rings. The first-order chi connectivity index (χ1) is 22.4. The van der Waals surface area contributed by atoms with Crippen LogP contribution in [0.5, 0.6) is 0 Å². The second kappa shape index (κ2) is 12.5. The number of amides is 3. The largest absolute Gasteiger partial charge is 0.416 e. The van der Waals surface area contributed by atoms with Crippen molar-refractivity contribution >= 4 is 46.6 Å². The molecule has 0 saturated carbocycles. The van der Waals surface area contributed by atoms with Gasteiger partial charge in [-0.05, 0) is 75.5 Å². The zero-order chi connectivity index (χ0) is 33.5. The summed E-state index contributed by atoms with van der Waals surface area (Å²) in [5.74, 6) is 0.972. The highest BCUT2D eigenvalue weighted by molar-refractivity contribution is 6.07. The van der Waals surface area contributed by atoms with Gasteiger partial charge in [-0.1, -0.05) is 12.1 Å². The number of benzene rings is 2. The van der Waals surface area contributed by atoms with Crippen LogP contribution in [-0.2, 0) is 12.7 Å². The van der Waals surface area contributed by atoms with E-state index < -0.39 is 17.6 Å². The van der Waals surface area contributed by atoms with Crippen LogP contribution in [0.3, 0.4) is 0 Å². The fourth-order valence-electron chi connectivity index (χ4n) is 5.72. The van der Waals surface area contributed by atoms with E-state index in [4.69, 9.17) is 0 Å². The van der Waals surface area contributed by atoms with Gasteiger partial charge in [0.2, 0.25) is 5.95 Å². The highest BCUT2D eigenvalue weighted by atomic mass is 19.4. The Labute approximate surface area is 270 Å². The summed E-state index contributed by atoms with van der Waals surface area (Å²) < 4.78 is 39.5. The van der Waals surface area contributed by atoms with Crippen LogP contribution in [0, 0.1) is 6.92 Å². The molecular weight excluding hydrogens is 611 g/mol. The number of aryl methyl sites for hydroxylation is 1. The highest BCUT2D eigenvalue weighted by Gasteiger charge is 2.33. The van der Waals surface area contributed by atoms with Crippen LogP contribution in [0.2, 0.25) is 0 Å². The molecule has 11 nitrogen and oxygen atoms in total. The maximum atomic E-state index is 13.6. The number of pyridine rings is 1. The van der Waals surface area contributed by atoms with E-state index in [1.807, 2.05) is 19.1 Å². The van der Waals surface area contributed by atoms with Crippen LogP contribution in [0.4, 0.5) is 52.6 Å². The summed E-state index contributed by atoms with van der Waals surface area (Å²) in [7, 11) is 5.80. The third kappa shape index (κ3) is 6.68. The molecule has 0 radical (unpaired) electrons. The van der Waals surface area contributed by atoms with Crippen LogP contribution in [0.25, 0.3) is 0 Å². The van der Waals surface area contributed by atoms with Gasteiger partial charge in [0, 0.05) is 49.2 Å². The number of alkyl halides is 3. The predicted octanol–water partition coefficient (Wildman–Crippen LogP) is 5.91. The van der Waals surface area contributed by atoms with Gasteiger partial charge in [0.15, 0.2) is 0 Å². The smallest absolute Gasteiger partial charge is 0.355 e. The number of fused-ring (bicyclic) bond motifs is 1. The van der Waals surface area contributed by atoms with Gasteiger partial charge in [0.1, 0.15) is 11.6 Å². The van der Waals surface area contributed by atoms with Gasteiger partial charge in [-0.3, -0.25) is 14.6 Å². The molecule has 2 aliphatic rings. The Hall–Kier alpha value is -5.24. The van der Waals surface area contributed by atoms with Crippen molar-refractivity contribution in [3.05, 3.63) is 89.2 Å². The standard InChI is InChI=1S/C33H34F3N9O2/c1-20-8-9-24(39-30(46)21-6-5-7-23(14-21)33(34,35)36)15-27(20)45-18-22-16-38-31(41-29(22)43(4)32(45)47)40-25-10-11-28(37-17-25)44-13-12-26(19-44)42(2)3/h5-11,14-17,26H,12-13,18-19H2,1-4H3,(H,39,46)(H,38,40,41). The summed E-state index contributed by atoms with van der Waals surface area (Å²) in [4.78, 5) is 47.6. The van der Waals surface area contributed by atoms with Gasteiger partial charge in [0.05, 0.1) is 29.7 Å². The normalized spacial score (nSPS) is 16.5. The second-order valence-corrected chi connectivity index (χ2v) is 11.9. The maximum absolute atomic E-state index is 13.6. The number of hydrogen-bond donors (Lipinski definition) is 2. The topological polar surface area (TPSA) is 110 Å². The Kier molecular flexibility index (Phi) is 8.45. The Morgan fingerprint density at radius 2 is 1.81 bits per heavy atom. The van der Waals surface area contributed by atoms with Crippen LogP contribution in [-0.4, -0.2) is 72.1 Å². The number of urea groups is 1. The number of likely N-dealkylation sites (N-methyl/N-ethyl adjacent to an activating group) is 1. The van der Waals surface area contributed by atoms with Gasteiger partial charge in [-0.2, -0.15) is 18.2 Å². The minimum Gasteiger partial charge on any atom is -0.355 e. The number of anilines is 6. The van der Waals surface area contributed by atoms with Crippen molar-refractivity contribution in [3.63, 3.8) is 0 Å². The average Bonchev–Trinajstić information content (AvgIpc) is 3.55. The average molecular weight is 646 g/mol. The van der Waals surface area contributed by atoms with Crippen LogP contribution in [0.15, 0.2) is 67.0 Å². The molecule has 47 heavy (non-hydrogen) atoms. The van der Waals surface area contributed by atoms with Crippen LogP contribution in [0.1, 0.15) is 33.5 Å². The fourth-order valence-corrected chi connectivity index (χ4v) is 5.72. The summed E-state index contributed by atoms with van der Waals surface area (Å²) in [5, 5.41) is 5.82. The van der Waals surface area contributed by atoms with Crippen molar-refractivity contribution in [2.75, 3.05) is 59.6 Å². The summed E-state index contributed by atoms with van der Waals surface area (Å²) in [6.07, 6.45) is -0.0919. The van der Waals surface area contributed by atoms with Crippen molar-refractivity contribution in [1.82, 2.24) is 19.9 Å². The second-order valence-electron chi connectivity index (χ2n) is 11.9. The monoisotopic (exact) mass is 645 g/mol. The van der Waals surface area contributed by atoms with E-state index in [2.05, 4.69) is 49.5 Å². The van der Waals surface area contributed by atoms with E-state index in [-0.39, 0.29) is 18.1 Å². The number of aromatic nitrogens is 3. The van der Waals surface area contributed by atoms with E-state index >= 15 is 0 Å². The minimum atomic E-state index is -4.57. The molecule has 3 amide bonds. The number of carbonyl (C=O) groups excluding carboxylic acids is 2. The molecule has 1 unspecified atom stereocenters. The first-order valence-electron chi connectivity index (χ1n) is 15.0. The maximum Gasteiger partial charge on any atom is 0.416 e. The summed E-state index contributed by atoms with van der Waals surface area (Å²) in [6.45, 7) is 3.87. The summed E-state index contributed by atoms with van der Waals surface area (Å²) in [6, 6.07) is 13.2. The third-order valence-electron chi connectivity index (χ3n) is 8.44. The van der Waals surface area contributed by atoms with E-state index in [0.717, 1.165) is 43.0 Å². The van der Waals surface area contributed by atoms with Crippen molar-refractivity contribution in [3.8, 4) is 0 Å². The SMILES string of the molecule is Cc1ccc(NC(=O)c2cccc(C(F)(F)F)c2)cc1N1Cc2cnc(Nc3ccc(N4CCC(N(C)C)C4)nc3)nc2N(C)C1=O. The molecule has 1 atom stereocenters. The Morgan fingerprint density at radius 1 is 1.02 bits per heavy atom. The number of rotatable bonds is 7. The minimum absolute atomic E-state index is 0.136. The zero-order valence-electron chi connectivity index (χ0n) is 26.3. The molecule has 2 N–H and O–H groups in total. The summed E-state index contributed by atoms with van der Waals surface area (Å²) in [5.41, 5.74) is 1.97. The molecular formula is C33H34F3N9O2. The fraction of sp³-hybridized carbons (Fsp3) is 0.303. The quantitative estimate of drug-likeness (QED) is 0.255. The number of nitrogens with zero attached hydrogens (tertiary/aromatic N) is 7. The zero-order valence-corrected chi connectivity index (χ0v) is 26.3. The Bertz CT molecular complexity index is 1810. The molecule has 2 aromatic heterocycles. The molecule has 0 spiro atoms. The molecule has 2 aliphatic heterocycles. The Morgan fingerprint density at radius 3 is 2.51 bits per heavy atom. The lowest BCUT2D eigenvalue weighted by molar-refractivity contribution is -0.137. The molecule has 6 rings (SSSR count). The molecule has 244 valence electrons. The molecule has 2 aromatic carbocycles. The van der Waals surface area contributed by atoms with Crippen molar-refractivity contribution < 1.29 is 22.8 Å². The lowest BCUT2D eigenvalue weighted by Crippen LogP contribution is -2.46. The highest BCUT2D eigenvalue weighted by Crippen LogP contribution is 2.34. The number of halogens is 3. The Balaban J connectivity index is 1.16. The summed E-state index contributed by atoms with van der Waals surface area (Å²) >= 11 is 0. The molecule has 1 fully saturated rings. The number of nitrogens with one attached hydrogen (secondary N) is 2. The van der Waals surface area contributed by atoms with E-state index in [1.165, 1.54) is 21.9 Å². The van der Waals surface area contributed by atoms with Gasteiger partial charge in [0.25, 0.3) is 5.91 Å². The van der Waals surface area contributed by atoms with Crippen molar-refractivity contribution in [2.45, 2.75) is 32.1 Å². The van der Waals surface area contributed by atoms with E-state index in [0.29, 0.717) is 40.4 Å². The predicted molar refractivity (Wildman–Crippen MR) is 174 cm³/mol. The van der Waals surface area contributed by atoms with Crippen LogP contribution < -0.4 is 25.3 Å². The van der Waals surface area contributed by atoms with Crippen LogP contribution >= 0.6 is 0 Å². The third-order valence-corrected chi connectivity index (χ3v) is 8.44. The molecule has 0 aliphatic carbocycles. The van der Waals surface area contributed by atoms with Crippen molar-refractivity contribution in [2.24, 2.45) is 0 Å². The lowest BCUT2D eigenvalue weighted by Gasteiger charge is -2.35. The molecule has 0 bridgehead atoms. The first kappa shape index (κ1) is 31.7. The van der Waals surface area contributed by atoms with Gasteiger partial charge in [-0.15, -0.1) is 0 Å². The first-order valence-corrected chi connectivity index (χ1v) is 15.0.